The van der Waals surface area contributed by atoms with Gasteiger partial charge in [0.25, 0.3) is 0 Å². The van der Waals surface area contributed by atoms with Gasteiger partial charge < -0.3 is 0 Å². The lowest BCUT2D eigenvalue weighted by Crippen LogP contribution is -2.46. The van der Waals surface area contributed by atoms with Crippen molar-refractivity contribution in [2.24, 2.45) is 5.92 Å². The predicted octanol–water partition coefficient (Wildman–Crippen LogP) is 3.08. The van der Waals surface area contributed by atoms with Gasteiger partial charge in [-0.05, 0) is 35.2 Å². The van der Waals surface area contributed by atoms with Gasteiger partial charge in [0.1, 0.15) is 5.78 Å². The molecule has 1 fully saturated rings. The third-order valence-electron chi connectivity index (χ3n) is 3.76. The molecular formula is C14H15NOS2. The maximum absolute atomic E-state index is 12.5. The Morgan fingerprint density at radius 2 is 2.11 bits per heavy atom. The monoisotopic (exact) mass is 277 g/mol. The van der Waals surface area contributed by atoms with Crippen LogP contribution in [-0.2, 0) is 10.2 Å². The van der Waals surface area contributed by atoms with Crippen molar-refractivity contribution in [1.29, 1.82) is 0 Å². The number of nitrogens with zero attached hydrogens (tertiary/aromatic N) is 1. The lowest BCUT2D eigenvalue weighted by Gasteiger charge is -2.39. The van der Waals surface area contributed by atoms with Crippen molar-refractivity contribution < 1.29 is 4.79 Å². The summed E-state index contributed by atoms with van der Waals surface area (Å²) in [5.74, 6) is 0.0773. The maximum atomic E-state index is 12.5. The summed E-state index contributed by atoms with van der Waals surface area (Å²) in [4.78, 5) is 16.7. The molecule has 4 heteroatoms. The average molecular weight is 277 g/mol. The molecule has 2 nitrogen and oxygen atoms in total. The lowest BCUT2D eigenvalue weighted by atomic mass is 9.62. The molecule has 1 aromatic rings. The molecule has 94 valence electrons. The van der Waals surface area contributed by atoms with Crippen LogP contribution in [0.2, 0.25) is 0 Å². The van der Waals surface area contributed by atoms with Crippen molar-refractivity contribution in [1.82, 2.24) is 4.98 Å². The van der Waals surface area contributed by atoms with E-state index in [1.54, 1.807) is 23.1 Å². The van der Waals surface area contributed by atoms with Crippen LogP contribution in [0.3, 0.4) is 0 Å². The molecule has 1 saturated carbocycles. The Kier molecular flexibility index (Phi) is 4.30. The first-order valence-corrected chi connectivity index (χ1v) is 7.04. The van der Waals surface area contributed by atoms with Crippen molar-refractivity contribution >= 4 is 41.0 Å². The second-order valence-corrected chi connectivity index (χ2v) is 5.19. The lowest BCUT2D eigenvalue weighted by molar-refractivity contribution is -0.127. The van der Waals surface area contributed by atoms with E-state index in [4.69, 9.17) is 24.4 Å². The molecule has 0 N–H and O–H groups in total. The third-order valence-corrected chi connectivity index (χ3v) is 4.35. The number of rotatable bonds is 4. The van der Waals surface area contributed by atoms with Gasteiger partial charge in [0, 0.05) is 24.7 Å². The molecule has 2 rings (SSSR count). The summed E-state index contributed by atoms with van der Waals surface area (Å²) in [5, 5.41) is 3.26. The van der Waals surface area contributed by atoms with Crippen LogP contribution in [-0.4, -0.2) is 21.5 Å². The number of ketones is 1. The molecule has 0 spiro atoms. The molecule has 0 aliphatic heterocycles. The molecule has 18 heavy (non-hydrogen) atoms. The predicted molar refractivity (Wildman–Crippen MR) is 80.2 cm³/mol. The zero-order valence-electron chi connectivity index (χ0n) is 10.0. The number of thiocarbonyl (C=S) groups is 2. The van der Waals surface area contributed by atoms with Gasteiger partial charge in [-0.15, -0.1) is 0 Å². The van der Waals surface area contributed by atoms with Crippen molar-refractivity contribution in [2.45, 2.75) is 31.1 Å². The van der Waals surface area contributed by atoms with E-state index in [-0.39, 0.29) is 11.7 Å². The van der Waals surface area contributed by atoms with E-state index in [2.05, 4.69) is 4.98 Å². The number of pyridine rings is 1. The standard InChI is InChI=1S/C14H15NOS2/c16-13-5-1-2-6-14(13,12(9-17)10-18)11-4-3-7-15-8-11/h3-4,7-10,12H,1-2,5-6H2. The van der Waals surface area contributed by atoms with Crippen molar-refractivity contribution in [3.63, 3.8) is 0 Å². The van der Waals surface area contributed by atoms with Gasteiger partial charge in [-0.25, -0.2) is 0 Å². The number of hydrogen-bond acceptors (Lipinski definition) is 4. The van der Waals surface area contributed by atoms with Crippen LogP contribution in [0.5, 0.6) is 0 Å². The van der Waals surface area contributed by atoms with E-state index in [1.807, 2.05) is 12.1 Å². The third kappa shape index (κ3) is 2.15. The summed E-state index contributed by atoms with van der Waals surface area (Å²) in [6.07, 6.45) is 6.90. The fraction of sp³-hybridized carbons (Fsp3) is 0.429. The average Bonchev–Trinajstić information content (AvgIpc) is 2.43. The first-order chi connectivity index (χ1) is 8.75. The second kappa shape index (κ2) is 5.76. The molecule has 1 atom stereocenters. The normalized spacial score (nSPS) is 23.9. The van der Waals surface area contributed by atoms with Crippen molar-refractivity contribution in [3.05, 3.63) is 30.1 Å². The number of Topliss-reactive ketones (excluding diaryl/α,β-unsaturated/α-hetero) is 1. The van der Waals surface area contributed by atoms with E-state index < -0.39 is 5.41 Å². The van der Waals surface area contributed by atoms with Gasteiger partial charge in [-0.3, -0.25) is 9.78 Å². The molecule has 0 radical (unpaired) electrons. The summed E-state index contributed by atoms with van der Waals surface area (Å²) < 4.78 is 0. The highest BCUT2D eigenvalue weighted by molar-refractivity contribution is 7.80. The highest BCUT2D eigenvalue weighted by atomic mass is 32.1. The SMILES string of the molecule is O=C1CCCCC1(c1cccnc1)C(C=S)C=S. The van der Waals surface area contributed by atoms with Gasteiger partial charge in [0.15, 0.2) is 0 Å². The van der Waals surface area contributed by atoms with Crippen molar-refractivity contribution in [3.8, 4) is 0 Å². The van der Waals surface area contributed by atoms with E-state index >= 15 is 0 Å². The van der Waals surface area contributed by atoms with E-state index in [0.717, 1.165) is 24.8 Å². The zero-order valence-corrected chi connectivity index (χ0v) is 11.7. The Labute approximate surface area is 118 Å². The fourth-order valence-electron chi connectivity index (χ4n) is 2.79. The highest BCUT2D eigenvalue weighted by Crippen LogP contribution is 2.41. The smallest absolute Gasteiger partial charge is 0.144 e. The first-order valence-electron chi connectivity index (χ1n) is 6.10. The van der Waals surface area contributed by atoms with Gasteiger partial charge in [-0.2, -0.15) is 0 Å². The Balaban J connectivity index is 2.55. The Morgan fingerprint density at radius 3 is 2.67 bits per heavy atom. The van der Waals surface area contributed by atoms with Gasteiger partial charge >= 0.3 is 0 Å². The molecule has 1 aliphatic carbocycles. The minimum absolute atomic E-state index is 0.167. The van der Waals surface area contributed by atoms with Crippen molar-refractivity contribution in [2.75, 3.05) is 0 Å². The van der Waals surface area contributed by atoms with E-state index in [0.29, 0.717) is 6.42 Å². The fourth-order valence-corrected chi connectivity index (χ4v) is 3.51. The maximum Gasteiger partial charge on any atom is 0.144 e. The minimum atomic E-state index is -0.573. The van der Waals surface area contributed by atoms with E-state index in [1.165, 1.54) is 0 Å². The summed E-state index contributed by atoms with van der Waals surface area (Å²) in [6.45, 7) is 0. The zero-order chi connectivity index (χ0) is 13.0. The molecule has 1 unspecified atom stereocenters. The van der Waals surface area contributed by atoms with Crippen LogP contribution in [0, 0.1) is 5.92 Å². The number of hydrogen-bond donors (Lipinski definition) is 0. The van der Waals surface area contributed by atoms with Crippen LogP contribution in [0.15, 0.2) is 24.5 Å². The first kappa shape index (κ1) is 13.4. The second-order valence-electron chi connectivity index (χ2n) is 4.64. The van der Waals surface area contributed by atoms with Crippen LogP contribution >= 0.6 is 24.4 Å². The molecular weight excluding hydrogens is 262 g/mol. The number of aromatic nitrogens is 1. The summed E-state index contributed by atoms with van der Waals surface area (Å²) in [5.41, 5.74) is 0.373. The topological polar surface area (TPSA) is 30.0 Å². The molecule has 1 heterocycles. The van der Waals surface area contributed by atoms with Gasteiger partial charge in [0.2, 0.25) is 0 Å². The number of carbonyl (C=O) groups is 1. The van der Waals surface area contributed by atoms with Crippen LogP contribution in [0.4, 0.5) is 0 Å². The summed E-state index contributed by atoms with van der Waals surface area (Å²) >= 11 is 10.2. The summed E-state index contributed by atoms with van der Waals surface area (Å²) in [6, 6.07) is 3.82. The molecule has 0 bridgehead atoms. The molecule has 1 aromatic heterocycles. The minimum Gasteiger partial charge on any atom is -0.299 e. The highest BCUT2D eigenvalue weighted by Gasteiger charge is 2.46. The Hall–Kier alpha value is -1.00. The Bertz CT molecular complexity index is 452. The molecule has 0 aromatic carbocycles. The van der Waals surface area contributed by atoms with Gasteiger partial charge in [-0.1, -0.05) is 36.9 Å². The quantitative estimate of drug-likeness (QED) is 0.791. The molecule has 1 aliphatic rings. The van der Waals surface area contributed by atoms with Crippen LogP contribution in [0.25, 0.3) is 0 Å². The van der Waals surface area contributed by atoms with Crippen LogP contribution < -0.4 is 0 Å². The van der Waals surface area contributed by atoms with Crippen LogP contribution in [0.1, 0.15) is 31.2 Å². The molecule has 0 saturated heterocycles. The number of carbonyl (C=O) groups excluding carboxylic acids is 1. The van der Waals surface area contributed by atoms with Gasteiger partial charge in [0.05, 0.1) is 5.41 Å². The Morgan fingerprint density at radius 1 is 1.33 bits per heavy atom. The molecule has 0 amide bonds. The summed E-state index contributed by atoms with van der Waals surface area (Å²) in [7, 11) is 0. The largest absolute Gasteiger partial charge is 0.299 e. The van der Waals surface area contributed by atoms with E-state index in [9.17, 15) is 4.79 Å².